The van der Waals surface area contributed by atoms with Crippen molar-refractivity contribution in [3.05, 3.63) is 103 Å². The van der Waals surface area contributed by atoms with E-state index in [1.54, 1.807) is 0 Å². The number of halogens is 1. The molecule has 2 nitrogen and oxygen atoms in total. The molecule has 0 amide bonds. The number of aryl methyl sites for hydroxylation is 1. The summed E-state index contributed by atoms with van der Waals surface area (Å²) in [6.45, 7) is 6.28. The second-order valence-corrected chi connectivity index (χ2v) is 21.4. The van der Waals surface area contributed by atoms with Crippen LogP contribution in [0.4, 0.5) is 0 Å². The summed E-state index contributed by atoms with van der Waals surface area (Å²) in [5.41, 5.74) is 1.44. The number of hydrogen-bond donors (Lipinski definition) is 0. The summed E-state index contributed by atoms with van der Waals surface area (Å²) in [4.78, 5) is -1.68. The quantitative estimate of drug-likeness (QED) is 0.0212. The Kier molecular flexibility index (Phi) is 24.9. The van der Waals surface area contributed by atoms with Gasteiger partial charge < -0.3 is 9.47 Å². The Labute approximate surface area is 327 Å². The molecule has 0 spiro atoms. The predicted octanol–water partition coefficient (Wildman–Crippen LogP) is 14.0. The van der Waals surface area contributed by atoms with Crippen molar-refractivity contribution in [3.63, 3.8) is 0 Å². The van der Waals surface area contributed by atoms with Crippen molar-refractivity contribution in [2.24, 2.45) is 0 Å². The Morgan fingerprint density at radius 1 is 0.490 bits per heavy atom. The zero-order valence-electron chi connectivity index (χ0n) is 32.4. The van der Waals surface area contributed by atoms with E-state index in [1.165, 1.54) is 143 Å². The van der Waals surface area contributed by atoms with Crippen LogP contribution >= 0.6 is 26.9 Å². The zero-order chi connectivity index (χ0) is 36.1. The van der Waals surface area contributed by atoms with Gasteiger partial charge in [0.25, 0.3) is 0 Å². The standard InChI is InChI=1S/C47H71IO2P/c1-3-5-7-9-15-19-29-41-49-47(50-42-30-20-16-10-8-6-4-2)36-28-18-14-12-11-13-17-23-31-43-37-39-46(40-38-43)51(48,44-32-24-21-25-33-44)45-34-26-22-27-35-45/h11,13,21-22,24-27,32-35,37-40,47H,3-10,12,14-20,23,28-31,36,41-42H2,1-2H3/q+1/b13-11+. The van der Waals surface area contributed by atoms with Gasteiger partial charge in [0.1, 0.15) is 15.9 Å². The van der Waals surface area contributed by atoms with Crippen molar-refractivity contribution in [3.8, 4) is 0 Å². The van der Waals surface area contributed by atoms with Gasteiger partial charge in [0.2, 0.25) is 0 Å². The highest BCUT2D eigenvalue weighted by molar-refractivity contribution is 14.2. The molecule has 0 atom stereocenters. The molecule has 0 aromatic heterocycles. The van der Waals surface area contributed by atoms with Crippen LogP contribution in [0.3, 0.4) is 0 Å². The molecule has 3 rings (SSSR count). The summed E-state index contributed by atoms with van der Waals surface area (Å²) in [6.07, 6.45) is 32.7. The van der Waals surface area contributed by atoms with E-state index in [9.17, 15) is 0 Å². The van der Waals surface area contributed by atoms with Crippen molar-refractivity contribution in [2.75, 3.05) is 13.2 Å². The van der Waals surface area contributed by atoms with E-state index in [2.05, 4.69) is 133 Å². The first kappa shape index (κ1) is 43.9. The second-order valence-electron chi connectivity index (χ2n) is 14.3. The van der Waals surface area contributed by atoms with Crippen LogP contribution in [0.1, 0.15) is 154 Å². The lowest BCUT2D eigenvalue weighted by Gasteiger charge is -2.20. The van der Waals surface area contributed by atoms with Crippen LogP contribution in [-0.2, 0) is 15.9 Å². The van der Waals surface area contributed by atoms with Crippen molar-refractivity contribution < 1.29 is 9.47 Å². The third-order valence-electron chi connectivity index (χ3n) is 9.93. The van der Waals surface area contributed by atoms with Crippen LogP contribution in [0.2, 0.25) is 0 Å². The molecule has 0 fully saturated rings. The average molecular weight is 826 g/mol. The van der Waals surface area contributed by atoms with Crippen LogP contribution in [-0.4, -0.2) is 19.5 Å². The molecule has 0 aliphatic rings. The summed E-state index contributed by atoms with van der Waals surface area (Å²) in [5.74, 6) is 0. The summed E-state index contributed by atoms with van der Waals surface area (Å²) in [5, 5.41) is 4.29. The molecule has 0 radical (unpaired) electrons. The molecule has 0 aliphatic carbocycles. The lowest BCUT2D eigenvalue weighted by Crippen LogP contribution is -2.26. The van der Waals surface area contributed by atoms with Gasteiger partial charge in [0.05, 0.1) is 0 Å². The van der Waals surface area contributed by atoms with Crippen molar-refractivity contribution in [1.82, 2.24) is 0 Å². The van der Waals surface area contributed by atoms with Crippen LogP contribution in [0.15, 0.2) is 97.1 Å². The smallest absolute Gasteiger partial charge is 0.173 e. The van der Waals surface area contributed by atoms with Crippen molar-refractivity contribution >= 4 is 42.9 Å². The highest BCUT2D eigenvalue weighted by Gasteiger charge is 2.43. The summed E-state index contributed by atoms with van der Waals surface area (Å²) in [6, 6.07) is 31.6. The molecule has 51 heavy (non-hydrogen) atoms. The van der Waals surface area contributed by atoms with Gasteiger partial charge in [-0.2, -0.15) is 0 Å². The van der Waals surface area contributed by atoms with Crippen LogP contribution in [0.5, 0.6) is 0 Å². The second kappa shape index (κ2) is 28.9. The Bertz CT molecular complexity index is 1190. The van der Waals surface area contributed by atoms with Crippen molar-refractivity contribution in [2.45, 2.75) is 161 Å². The largest absolute Gasteiger partial charge is 0.353 e. The Hall–Kier alpha value is -1.52. The van der Waals surface area contributed by atoms with Crippen molar-refractivity contribution in [1.29, 1.82) is 0 Å². The van der Waals surface area contributed by atoms with Gasteiger partial charge in [0.15, 0.2) is 33.2 Å². The fourth-order valence-electron chi connectivity index (χ4n) is 6.75. The Morgan fingerprint density at radius 3 is 1.43 bits per heavy atom. The SMILES string of the molecule is CCCCCCCCCOC(CCCCC/C=C/CCCc1ccc([P+](I)(c2ccccc2)c2ccccc2)cc1)OCCCCCCCCC. The molecule has 3 aromatic rings. The van der Waals surface area contributed by atoms with Gasteiger partial charge in [-0.05, 0) is 99.7 Å². The normalized spacial score (nSPS) is 12.0. The third kappa shape index (κ3) is 18.4. The van der Waals surface area contributed by atoms with E-state index in [0.717, 1.165) is 32.5 Å². The highest BCUT2D eigenvalue weighted by atomic mass is 127. The molecule has 0 saturated carbocycles. The fraction of sp³-hybridized carbons (Fsp3) is 0.574. The lowest BCUT2D eigenvalue weighted by atomic mass is 10.1. The van der Waals surface area contributed by atoms with Gasteiger partial charge in [0, 0.05) is 13.2 Å². The summed E-state index contributed by atoms with van der Waals surface area (Å²) in [7, 11) is 0. The molecule has 0 heterocycles. The Morgan fingerprint density at radius 2 is 0.922 bits per heavy atom. The predicted molar refractivity (Wildman–Crippen MR) is 236 cm³/mol. The Balaban J connectivity index is 1.31. The third-order valence-corrected chi connectivity index (χ3v) is 18.0. The average Bonchev–Trinajstić information content (AvgIpc) is 3.17. The highest BCUT2D eigenvalue weighted by Crippen LogP contribution is 2.63. The molecule has 0 saturated heterocycles. The van der Waals surface area contributed by atoms with Gasteiger partial charge in [-0.15, -0.1) is 0 Å². The number of rotatable bonds is 31. The molecule has 0 N–H and O–H groups in total. The number of benzene rings is 3. The number of unbranched alkanes of at least 4 members (excludes halogenated alkanes) is 16. The van der Waals surface area contributed by atoms with Gasteiger partial charge in [-0.3, -0.25) is 0 Å². The minimum Gasteiger partial charge on any atom is -0.353 e. The van der Waals surface area contributed by atoms with Gasteiger partial charge in [-0.1, -0.05) is 158 Å². The molecule has 282 valence electrons. The topological polar surface area (TPSA) is 18.5 Å². The first-order valence-corrected chi connectivity index (χ1v) is 25.4. The van der Waals surface area contributed by atoms with Crippen LogP contribution in [0, 0.1) is 0 Å². The molecular weight excluding hydrogens is 754 g/mol. The van der Waals surface area contributed by atoms with E-state index in [1.807, 2.05) is 0 Å². The van der Waals surface area contributed by atoms with E-state index >= 15 is 0 Å². The fourth-order valence-corrected chi connectivity index (χ4v) is 12.3. The van der Waals surface area contributed by atoms with Crippen LogP contribution in [0.25, 0.3) is 0 Å². The number of ether oxygens (including phenoxy) is 2. The molecule has 3 aromatic carbocycles. The van der Waals surface area contributed by atoms with Gasteiger partial charge in [-0.25, -0.2) is 0 Å². The summed E-state index contributed by atoms with van der Waals surface area (Å²) >= 11 is 2.76. The number of hydrogen-bond acceptors (Lipinski definition) is 2. The van der Waals surface area contributed by atoms with Crippen LogP contribution < -0.4 is 15.9 Å². The first-order valence-electron chi connectivity index (χ1n) is 20.9. The minimum atomic E-state index is -1.68. The van der Waals surface area contributed by atoms with E-state index < -0.39 is 4.90 Å². The molecule has 0 aliphatic heterocycles. The summed E-state index contributed by atoms with van der Waals surface area (Å²) < 4.78 is 12.5. The maximum absolute atomic E-state index is 6.27. The maximum Gasteiger partial charge on any atom is 0.173 e. The molecule has 0 bridgehead atoms. The van der Waals surface area contributed by atoms with E-state index in [-0.39, 0.29) is 6.29 Å². The van der Waals surface area contributed by atoms with E-state index in [4.69, 9.17) is 9.47 Å². The van der Waals surface area contributed by atoms with Gasteiger partial charge >= 0.3 is 0 Å². The first-order chi connectivity index (χ1) is 25.2. The van der Waals surface area contributed by atoms with E-state index in [0.29, 0.717) is 0 Å². The zero-order valence-corrected chi connectivity index (χ0v) is 35.5. The monoisotopic (exact) mass is 825 g/mol. The molecular formula is C47H71IO2P+. The molecule has 0 unspecified atom stereocenters. The number of allylic oxidation sites excluding steroid dienone is 2. The molecule has 4 heteroatoms. The minimum absolute atomic E-state index is 0.0124. The maximum atomic E-state index is 6.27. The lowest BCUT2D eigenvalue weighted by molar-refractivity contribution is -0.148.